The summed E-state index contributed by atoms with van der Waals surface area (Å²) < 4.78 is 11.2. The van der Waals surface area contributed by atoms with Crippen molar-refractivity contribution in [2.75, 3.05) is 12.0 Å². The van der Waals surface area contributed by atoms with Crippen molar-refractivity contribution in [1.29, 1.82) is 0 Å². The Kier molecular flexibility index (Phi) is 4.71. The number of furan rings is 1. The van der Waals surface area contributed by atoms with Crippen LogP contribution in [0.1, 0.15) is 22.2 Å². The Labute approximate surface area is 183 Å². The van der Waals surface area contributed by atoms with E-state index >= 15 is 0 Å². The molecule has 32 heavy (non-hydrogen) atoms. The van der Waals surface area contributed by atoms with E-state index in [2.05, 4.69) is 4.98 Å². The average molecular weight is 426 g/mol. The molecule has 2 aromatic carbocycles. The number of Topliss-reactive ketones (excluding diaryl/α,β-unsaturated/α-hetero) is 1. The molecule has 7 heteroatoms. The van der Waals surface area contributed by atoms with Gasteiger partial charge >= 0.3 is 0 Å². The van der Waals surface area contributed by atoms with Gasteiger partial charge < -0.3 is 14.3 Å². The second-order valence-corrected chi connectivity index (χ2v) is 7.27. The van der Waals surface area contributed by atoms with Crippen molar-refractivity contribution in [3.63, 3.8) is 0 Å². The predicted octanol–water partition coefficient (Wildman–Crippen LogP) is 4.62. The smallest absolute Gasteiger partial charge is 0.294 e. The number of anilines is 1. The van der Waals surface area contributed by atoms with Gasteiger partial charge in [-0.3, -0.25) is 19.5 Å². The number of ether oxygens (including phenoxy) is 1. The lowest BCUT2D eigenvalue weighted by Gasteiger charge is -2.27. The number of ketones is 1. The van der Waals surface area contributed by atoms with Gasteiger partial charge in [-0.2, -0.15) is 0 Å². The first-order valence-electron chi connectivity index (χ1n) is 9.93. The highest BCUT2D eigenvalue weighted by molar-refractivity contribution is 6.21. The van der Waals surface area contributed by atoms with Crippen LogP contribution in [0.2, 0.25) is 0 Å². The van der Waals surface area contributed by atoms with Gasteiger partial charge in [-0.15, -0.1) is 0 Å². The van der Waals surface area contributed by atoms with Gasteiger partial charge in [-0.05, 0) is 42.0 Å². The summed E-state index contributed by atoms with van der Waals surface area (Å²) >= 11 is 0. The molecule has 2 aromatic heterocycles. The molecule has 5 rings (SSSR count). The number of rotatable bonds is 5. The summed E-state index contributed by atoms with van der Waals surface area (Å²) in [5.41, 5.74) is 1.53. The molecule has 1 N–H and O–H groups in total. The number of fused-ring (bicyclic) bond motifs is 1. The number of aliphatic hydroxyl groups is 1. The number of amides is 1. The van der Waals surface area contributed by atoms with Gasteiger partial charge in [-0.1, -0.05) is 30.3 Å². The van der Waals surface area contributed by atoms with Crippen LogP contribution < -0.4 is 9.64 Å². The molecule has 1 aliphatic rings. The number of pyridine rings is 1. The fraction of sp³-hybridized carbons (Fsp3) is 0.0800. The minimum Gasteiger partial charge on any atom is -0.503 e. The number of hydrogen-bond acceptors (Lipinski definition) is 6. The normalized spacial score (nSPS) is 16.1. The number of methoxy groups -OCH3 is 1. The largest absolute Gasteiger partial charge is 0.503 e. The number of benzene rings is 2. The Morgan fingerprint density at radius 1 is 1.06 bits per heavy atom. The third-order valence-corrected chi connectivity index (χ3v) is 5.47. The quantitative estimate of drug-likeness (QED) is 0.468. The van der Waals surface area contributed by atoms with Crippen molar-refractivity contribution in [2.45, 2.75) is 6.04 Å². The van der Waals surface area contributed by atoms with Crippen molar-refractivity contribution >= 4 is 28.3 Å². The van der Waals surface area contributed by atoms with E-state index in [1.165, 1.54) is 12.0 Å². The molecule has 1 aliphatic heterocycles. The van der Waals surface area contributed by atoms with Crippen LogP contribution in [-0.2, 0) is 4.79 Å². The fourth-order valence-corrected chi connectivity index (χ4v) is 4.00. The Morgan fingerprint density at radius 2 is 1.78 bits per heavy atom. The van der Waals surface area contributed by atoms with Crippen molar-refractivity contribution in [2.24, 2.45) is 0 Å². The SMILES string of the molecule is COc1ccccc1N1C(=O)C(O)=C(C(=O)c2cc3ccccc3o2)C1c1ccncc1. The van der Waals surface area contributed by atoms with Gasteiger partial charge in [0.15, 0.2) is 11.5 Å². The molecule has 0 fully saturated rings. The van der Waals surface area contributed by atoms with Crippen LogP contribution in [0.15, 0.2) is 94.9 Å². The predicted molar refractivity (Wildman–Crippen MR) is 118 cm³/mol. The second-order valence-electron chi connectivity index (χ2n) is 7.27. The standard InChI is InChI=1S/C25H18N2O5/c1-31-19-9-5-3-7-17(19)27-22(15-10-12-26-13-11-15)21(24(29)25(27)30)23(28)20-14-16-6-2-4-8-18(16)32-20/h2-14,22,29H,1H3. The van der Waals surface area contributed by atoms with Gasteiger partial charge in [0.05, 0.1) is 24.4 Å². The third kappa shape index (κ3) is 3.02. The van der Waals surface area contributed by atoms with Crippen LogP contribution in [0.4, 0.5) is 5.69 Å². The Balaban J connectivity index is 1.68. The molecule has 0 radical (unpaired) electrons. The van der Waals surface area contributed by atoms with E-state index < -0.39 is 23.5 Å². The number of carbonyl (C=O) groups excluding carboxylic acids is 2. The van der Waals surface area contributed by atoms with Crippen LogP contribution in [0.5, 0.6) is 5.75 Å². The first kappa shape index (κ1) is 19.6. The first-order chi connectivity index (χ1) is 15.6. The average Bonchev–Trinajstić information content (AvgIpc) is 3.38. The van der Waals surface area contributed by atoms with Gasteiger partial charge in [0, 0.05) is 17.8 Å². The second kappa shape index (κ2) is 7.70. The van der Waals surface area contributed by atoms with Crippen LogP contribution in [0, 0.1) is 0 Å². The molecule has 4 aromatic rings. The van der Waals surface area contributed by atoms with Crippen molar-refractivity contribution in [3.8, 4) is 5.75 Å². The van der Waals surface area contributed by atoms with Crippen molar-refractivity contribution in [3.05, 3.63) is 102 Å². The molecule has 1 atom stereocenters. The van der Waals surface area contributed by atoms with E-state index in [9.17, 15) is 14.7 Å². The summed E-state index contributed by atoms with van der Waals surface area (Å²) in [6.07, 6.45) is 3.14. The monoisotopic (exact) mass is 426 g/mol. The number of carbonyl (C=O) groups is 2. The van der Waals surface area contributed by atoms with E-state index in [-0.39, 0.29) is 11.3 Å². The maximum Gasteiger partial charge on any atom is 0.294 e. The number of aromatic nitrogens is 1. The fourth-order valence-electron chi connectivity index (χ4n) is 4.00. The summed E-state index contributed by atoms with van der Waals surface area (Å²) in [6.45, 7) is 0. The Morgan fingerprint density at radius 3 is 2.53 bits per heavy atom. The molecule has 0 bridgehead atoms. The summed E-state index contributed by atoms with van der Waals surface area (Å²) in [6, 6.07) is 18.3. The topological polar surface area (TPSA) is 92.9 Å². The minimum atomic E-state index is -0.887. The number of hydrogen-bond donors (Lipinski definition) is 1. The van der Waals surface area contributed by atoms with Crippen LogP contribution in [-0.4, -0.2) is 28.9 Å². The highest BCUT2D eigenvalue weighted by Gasteiger charge is 2.46. The molecule has 1 unspecified atom stereocenters. The molecule has 1 amide bonds. The minimum absolute atomic E-state index is 0.0430. The van der Waals surface area contributed by atoms with Gasteiger partial charge in [0.25, 0.3) is 5.91 Å². The summed E-state index contributed by atoms with van der Waals surface area (Å²) in [4.78, 5) is 32.2. The third-order valence-electron chi connectivity index (χ3n) is 5.47. The number of para-hydroxylation sites is 3. The Bertz CT molecular complexity index is 1340. The zero-order chi connectivity index (χ0) is 22.2. The molecule has 0 saturated heterocycles. The van der Waals surface area contributed by atoms with E-state index in [4.69, 9.17) is 9.15 Å². The highest BCUT2D eigenvalue weighted by atomic mass is 16.5. The summed E-state index contributed by atoms with van der Waals surface area (Å²) in [7, 11) is 1.49. The van der Waals surface area contributed by atoms with Crippen LogP contribution in [0.25, 0.3) is 11.0 Å². The van der Waals surface area contributed by atoms with Crippen LogP contribution in [0.3, 0.4) is 0 Å². The first-order valence-corrected chi connectivity index (χ1v) is 9.93. The molecular formula is C25H18N2O5. The Hall–Kier alpha value is -4.39. The lowest BCUT2D eigenvalue weighted by molar-refractivity contribution is -0.117. The molecule has 0 saturated carbocycles. The maximum absolute atomic E-state index is 13.6. The van der Waals surface area contributed by atoms with Gasteiger partial charge in [-0.25, -0.2) is 0 Å². The van der Waals surface area contributed by atoms with E-state index in [1.54, 1.807) is 67.0 Å². The van der Waals surface area contributed by atoms with Crippen LogP contribution >= 0.6 is 0 Å². The van der Waals surface area contributed by atoms with E-state index in [0.717, 1.165) is 5.39 Å². The number of aliphatic hydroxyl groups excluding tert-OH is 1. The molecule has 158 valence electrons. The maximum atomic E-state index is 13.6. The lowest BCUT2D eigenvalue weighted by Crippen LogP contribution is -2.31. The van der Waals surface area contributed by atoms with Gasteiger partial charge in [0.2, 0.25) is 5.78 Å². The van der Waals surface area contributed by atoms with E-state index in [0.29, 0.717) is 22.6 Å². The zero-order valence-electron chi connectivity index (χ0n) is 17.1. The molecule has 3 heterocycles. The molecular weight excluding hydrogens is 408 g/mol. The zero-order valence-corrected chi connectivity index (χ0v) is 17.1. The van der Waals surface area contributed by atoms with Crippen molar-refractivity contribution in [1.82, 2.24) is 4.98 Å². The number of nitrogens with zero attached hydrogens (tertiary/aromatic N) is 2. The van der Waals surface area contributed by atoms with E-state index in [1.807, 2.05) is 12.1 Å². The van der Waals surface area contributed by atoms with Crippen molar-refractivity contribution < 1.29 is 23.8 Å². The molecule has 0 aliphatic carbocycles. The summed E-state index contributed by atoms with van der Waals surface area (Å²) in [5, 5.41) is 11.6. The van der Waals surface area contributed by atoms with Gasteiger partial charge in [0.1, 0.15) is 11.3 Å². The molecule has 7 nitrogen and oxygen atoms in total. The summed E-state index contributed by atoms with van der Waals surface area (Å²) in [5.74, 6) is -1.41. The molecule has 0 spiro atoms. The lowest BCUT2D eigenvalue weighted by atomic mass is 9.95. The highest BCUT2D eigenvalue weighted by Crippen LogP contribution is 2.44.